The summed E-state index contributed by atoms with van der Waals surface area (Å²) >= 11 is 0. The largest absolute Gasteiger partial charge is 0.493 e. The van der Waals surface area contributed by atoms with Gasteiger partial charge in [0.1, 0.15) is 5.75 Å². The number of fused-ring (bicyclic) bond motifs is 1. The van der Waals surface area contributed by atoms with Crippen LogP contribution in [0.4, 0.5) is 5.69 Å². The molecule has 0 unspecified atom stereocenters. The highest BCUT2D eigenvalue weighted by Crippen LogP contribution is 2.20. The second kappa shape index (κ2) is 6.54. The van der Waals surface area contributed by atoms with Gasteiger partial charge in [-0.1, -0.05) is 12.1 Å². The second-order valence-electron chi connectivity index (χ2n) is 5.51. The minimum atomic E-state index is -0.450. The number of carbonyl (C=O) groups is 3. The first-order chi connectivity index (χ1) is 11.5. The Morgan fingerprint density at radius 3 is 2.67 bits per heavy atom. The topological polar surface area (TPSA) is 84.5 Å². The van der Waals surface area contributed by atoms with E-state index in [0.29, 0.717) is 11.3 Å². The highest BCUT2D eigenvalue weighted by atomic mass is 16.5. The number of benzene rings is 2. The van der Waals surface area contributed by atoms with Crippen LogP contribution >= 0.6 is 0 Å². The quantitative estimate of drug-likeness (QED) is 0.827. The third-order valence-electron chi connectivity index (χ3n) is 3.61. The lowest BCUT2D eigenvalue weighted by Gasteiger charge is -2.08. The zero-order valence-electron chi connectivity index (χ0n) is 13.1. The van der Waals surface area contributed by atoms with Gasteiger partial charge in [0.15, 0.2) is 0 Å². The molecule has 0 atom stereocenters. The molecule has 3 rings (SSSR count). The first kappa shape index (κ1) is 15.7. The van der Waals surface area contributed by atoms with Gasteiger partial charge in [0.2, 0.25) is 5.91 Å². The van der Waals surface area contributed by atoms with Crippen molar-refractivity contribution in [2.45, 2.75) is 13.3 Å². The Kier molecular flexibility index (Phi) is 4.29. The Labute approximate surface area is 138 Å². The van der Waals surface area contributed by atoms with Crippen molar-refractivity contribution in [1.29, 1.82) is 0 Å². The number of imide groups is 1. The van der Waals surface area contributed by atoms with Gasteiger partial charge in [-0.15, -0.1) is 0 Å². The van der Waals surface area contributed by atoms with Gasteiger partial charge in [0.05, 0.1) is 24.2 Å². The summed E-state index contributed by atoms with van der Waals surface area (Å²) in [6, 6.07) is 12.2. The average molecular weight is 324 g/mol. The predicted octanol–water partition coefficient (Wildman–Crippen LogP) is 2.29. The van der Waals surface area contributed by atoms with Crippen LogP contribution in [0, 0.1) is 6.92 Å². The van der Waals surface area contributed by atoms with E-state index in [0.717, 1.165) is 11.3 Å². The number of aryl methyl sites for hydroxylation is 1. The molecule has 0 fully saturated rings. The zero-order valence-corrected chi connectivity index (χ0v) is 13.1. The Bertz CT molecular complexity index is 830. The molecule has 2 N–H and O–H groups in total. The molecule has 0 radical (unpaired) electrons. The number of hydrogen-bond donors (Lipinski definition) is 2. The summed E-state index contributed by atoms with van der Waals surface area (Å²) in [7, 11) is 0. The van der Waals surface area contributed by atoms with E-state index in [-0.39, 0.29) is 24.5 Å². The summed E-state index contributed by atoms with van der Waals surface area (Å²) in [6.07, 6.45) is 0.177. The molecule has 122 valence electrons. The van der Waals surface area contributed by atoms with Crippen LogP contribution < -0.4 is 15.4 Å². The summed E-state index contributed by atoms with van der Waals surface area (Å²) < 4.78 is 5.53. The Morgan fingerprint density at radius 2 is 1.88 bits per heavy atom. The van der Waals surface area contributed by atoms with E-state index in [1.807, 2.05) is 31.2 Å². The number of rotatable bonds is 5. The van der Waals surface area contributed by atoms with Gasteiger partial charge in [0, 0.05) is 5.69 Å². The molecule has 0 aliphatic carbocycles. The SMILES string of the molecule is Cc1cccc(OCCC(=O)Nc2ccc3c(c2)C(=O)NC3=O)c1. The van der Waals surface area contributed by atoms with E-state index in [1.165, 1.54) is 12.1 Å². The van der Waals surface area contributed by atoms with E-state index in [1.54, 1.807) is 6.07 Å². The minimum Gasteiger partial charge on any atom is -0.493 e. The van der Waals surface area contributed by atoms with Crippen molar-refractivity contribution in [2.24, 2.45) is 0 Å². The molecule has 1 aliphatic rings. The van der Waals surface area contributed by atoms with Crippen LogP contribution in [0.25, 0.3) is 0 Å². The first-order valence-corrected chi connectivity index (χ1v) is 7.52. The van der Waals surface area contributed by atoms with Crippen LogP contribution in [0.15, 0.2) is 42.5 Å². The van der Waals surface area contributed by atoms with Gasteiger partial charge in [-0.25, -0.2) is 0 Å². The van der Waals surface area contributed by atoms with Gasteiger partial charge < -0.3 is 10.1 Å². The van der Waals surface area contributed by atoms with Gasteiger partial charge in [0.25, 0.3) is 11.8 Å². The molecule has 6 heteroatoms. The molecule has 0 bridgehead atoms. The summed E-state index contributed by atoms with van der Waals surface area (Å²) in [5, 5.41) is 4.90. The molecule has 1 aliphatic heterocycles. The monoisotopic (exact) mass is 324 g/mol. The van der Waals surface area contributed by atoms with E-state index in [2.05, 4.69) is 10.6 Å². The highest BCUT2D eigenvalue weighted by Gasteiger charge is 2.26. The van der Waals surface area contributed by atoms with Crippen LogP contribution in [-0.2, 0) is 4.79 Å². The number of ether oxygens (including phenoxy) is 1. The Balaban J connectivity index is 1.55. The maximum atomic E-state index is 12.0. The lowest BCUT2D eigenvalue weighted by molar-refractivity contribution is -0.116. The van der Waals surface area contributed by atoms with Gasteiger partial charge >= 0.3 is 0 Å². The Hall–Kier alpha value is -3.15. The van der Waals surface area contributed by atoms with Crippen molar-refractivity contribution in [3.05, 3.63) is 59.2 Å². The number of anilines is 1. The fourth-order valence-corrected chi connectivity index (χ4v) is 2.44. The smallest absolute Gasteiger partial charge is 0.259 e. The van der Waals surface area contributed by atoms with Crippen molar-refractivity contribution in [3.8, 4) is 5.75 Å². The summed E-state index contributed by atoms with van der Waals surface area (Å²) in [4.78, 5) is 35.0. The van der Waals surface area contributed by atoms with Crippen molar-refractivity contribution in [3.63, 3.8) is 0 Å². The van der Waals surface area contributed by atoms with Gasteiger partial charge in [-0.2, -0.15) is 0 Å². The first-order valence-electron chi connectivity index (χ1n) is 7.52. The van der Waals surface area contributed by atoms with Crippen LogP contribution in [0.1, 0.15) is 32.7 Å². The minimum absolute atomic E-state index is 0.177. The van der Waals surface area contributed by atoms with E-state index >= 15 is 0 Å². The zero-order chi connectivity index (χ0) is 17.1. The number of hydrogen-bond acceptors (Lipinski definition) is 4. The van der Waals surface area contributed by atoms with Crippen molar-refractivity contribution < 1.29 is 19.1 Å². The molecule has 3 amide bonds. The molecule has 1 heterocycles. The summed E-state index contributed by atoms with van der Waals surface area (Å²) in [5.74, 6) is -0.379. The molecule has 0 spiro atoms. The molecular weight excluding hydrogens is 308 g/mol. The number of amides is 3. The van der Waals surface area contributed by atoms with Crippen LogP contribution in [0.5, 0.6) is 5.75 Å². The Morgan fingerprint density at radius 1 is 1.08 bits per heavy atom. The van der Waals surface area contributed by atoms with Crippen LogP contribution in [0.3, 0.4) is 0 Å². The maximum Gasteiger partial charge on any atom is 0.259 e. The van der Waals surface area contributed by atoms with Crippen molar-refractivity contribution in [1.82, 2.24) is 5.32 Å². The molecule has 0 aromatic heterocycles. The molecule has 2 aromatic rings. The lowest BCUT2D eigenvalue weighted by atomic mass is 10.1. The highest BCUT2D eigenvalue weighted by molar-refractivity contribution is 6.22. The normalized spacial score (nSPS) is 12.5. The second-order valence-corrected chi connectivity index (χ2v) is 5.51. The molecule has 6 nitrogen and oxygen atoms in total. The summed E-state index contributed by atoms with van der Waals surface area (Å²) in [6.45, 7) is 2.22. The number of nitrogens with one attached hydrogen (secondary N) is 2. The fraction of sp³-hybridized carbons (Fsp3) is 0.167. The summed E-state index contributed by atoms with van der Waals surface area (Å²) in [5.41, 5.74) is 2.15. The molecular formula is C18H16N2O4. The lowest BCUT2D eigenvalue weighted by Crippen LogP contribution is -2.19. The van der Waals surface area contributed by atoms with E-state index in [4.69, 9.17) is 4.74 Å². The molecule has 24 heavy (non-hydrogen) atoms. The molecule has 0 saturated carbocycles. The predicted molar refractivity (Wildman–Crippen MR) is 88.2 cm³/mol. The van der Waals surface area contributed by atoms with E-state index in [9.17, 15) is 14.4 Å². The standard InChI is InChI=1S/C18H16N2O4/c1-11-3-2-4-13(9-11)24-8-7-16(21)19-12-5-6-14-15(10-12)18(23)20-17(14)22/h2-6,9-10H,7-8H2,1H3,(H,19,21)(H,20,22,23). The third kappa shape index (κ3) is 3.43. The third-order valence-corrected chi connectivity index (χ3v) is 3.61. The van der Waals surface area contributed by atoms with Crippen LogP contribution in [0.2, 0.25) is 0 Å². The fourth-order valence-electron chi connectivity index (χ4n) is 2.44. The van der Waals surface area contributed by atoms with Crippen molar-refractivity contribution >= 4 is 23.4 Å². The molecule has 0 saturated heterocycles. The van der Waals surface area contributed by atoms with E-state index < -0.39 is 11.8 Å². The number of carbonyl (C=O) groups excluding carboxylic acids is 3. The van der Waals surface area contributed by atoms with Crippen molar-refractivity contribution in [2.75, 3.05) is 11.9 Å². The average Bonchev–Trinajstić information content (AvgIpc) is 2.82. The van der Waals surface area contributed by atoms with Crippen LogP contribution in [-0.4, -0.2) is 24.3 Å². The molecule has 2 aromatic carbocycles. The van der Waals surface area contributed by atoms with Gasteiger partial charge in [-0.05, 0) is 42.8 Å². The maximum absolute atomic E-state index is 12.0. The van der Waals surface area contributed by atoms with Gasteiger partial charge in [-0.3, -0.25) is 19.7 Å².